The smallest absolute Gasteiger partial charge is 0.216 e. The molecular formula is C16H18FNO3S. The van der Waals surface area contributed by atoms with Gasteiger partial charge in [0, 0.05) is 6.04 Å². The van der Waals surface area contributed by atoms with Gasteiger partial charge in [0.05, 0.1) is 12.9 Å². The molecule has 0 heterocycles. The number of methoxy groups -OCH3 is 1. The summed E-state index contributed by atoms with van der Waals surface area (Å²) >= 11 is 0. The van der Waals surface area contributed by atoms with E-state index in [0.29, 0.717) is 11.3 Å². The van der Waals surface area contributed by atoms with Crippen LogP contribution in [0.1, 0.15) is 24.1 Å². The highest BCUT2D eigenvalue weighted by atomic mass is 32.2. The maximum atomic E-state index is 12.8. The van der Waals surface area contributed by atoms with Crippen molar-refractivity contribution in [2.75, 3.05) is 7.11 Å². The number of nitrogens with one attached hydrogen (secondary N) is 1. The van der Waals surface area contributed by atoms with E-state index in [0.717, 1.165) is 5.56 Å². The van der Waals surface area contributed by atoms with E-state index in [1.54, 1.807) is 26.2 Å². The molecule has 6 heteroatoms. The van der Waals surface area contributed by atoms with Crippen molar-refractivity contribution in [1.29, 1.82) is 0 Å². The van der Waals surface area contributed by atoms with Crippen LogP contribution in [0.4, 0.5) is 4.39 Å². The molecule has 0 saturated heterocycles. The van der Waals surface area contributed by atoms with E-state index in [1.807, 2.05) is 12.1 Å². The minimum Gasteiger partial charge on any atom is -0.497 e. The molecule has 0 fully saturated rings. The number of benzene rings is 2. The van der Waals surface area contributed by atoms with E-state index < -0.39 is 10.0 Å². The Balaban J connectivity index is 2.05. The fourth-order valence-electron chi connectivity index (χ4n) is 2.07. The molecular weight excluding hydrogens is 305 g/mol. The first-order chi connectivity index (χ1) is 10.4. The van der Waals surface area contributed by atoms with Crippen LogP contribution in [0, 0.1) is 5.82 Å². The summed E-state index contributed by atoms with van der Waals surface area (Å²) in [5, 5.41) is 0. The summed E-state index contributed by atoms with van der Waals surface area (Å²) in [6, 6.07) is 12.2. The van der Waals surface area contributed by atoms with Crippen LogP contribution in [0.3, 0.4) is 0 Å². The first kappa shape index (κ1) is 16.5. The van der Waals surface area contributed by atoms with E-state index in [1.165, 1.54) is 24.3 Å². The zero-order chi connectivity index (χ0) is 16.2. The van der Waals surface area contributed by atoms with Crippen LogP contribution in [-0.4, -0.2) is 15.5 Å². The highest BCUT2D eigenvalue weighted by molar-refractivity contribution is 7.88. The zero-order valence-electron chi connectivity index (χ0n) is 12.4. The fourth-order valence-corrected chi connectivity index (χ4v) is 3.46. The molecule has 4 nitrogen and oxygen atoms in total. The lowest BCUT2D eigenvalue weighted by Crippen LogP contribution is -2.28. The first-order valence-electron chi connectivity index (χ1n) is 6.78. The topological polar surface area (TPSA) is 55.4 Å². The molecule has 118 valence electrons. The molecule has 2 aromatic rings. The number of hydrogen-bond acceptors (Lipinski definition) is 3. The number of sulfonamides is 1. The molecule has 0 aliphatic rings. The minimum absolute atomic E-state index is 0.187. The van der Waals surface area contributed by atoms with Gasteiger partial charge in [-0.2, -0.15) is 0 Å². The second-order valence-corrected chi connectivity index (χ2v) is 6.75. The number of ether oxygens (including phenoxy) is 1. The fraction of sp³-hybridized carbons (Fsp3) is 0.250. The average Bonchev–Trinajstić information content (AvgIpc) is 2.49. The van der Waals surface area contributed by atoms with Crippen molar-refractivity contribution in [2.24, 2.45) is 0 Å². The van der Waals surface area contributed by atoms with Crippen LogP contribution >= 0.6 is 0 Å². The maximum absolute atomic E-state index is 12.8. The lowest BCUT2D eigenvalue weighted by atomic mass is 10.1. The molecule has 0 bridgehead atoms. The number of hydrogen-bond donors (Lipinski definition) is 1. The van der Waals surface area contributed by atoms with Gasteiger partial charge in [0.1, 0.15) is 11.6 Å². The summed E-state index contributed by atoms with van der Waals surface area (Å²) in [4.78, 5) is 0. The number of rotatable bonds is 6. The van der Waals surface area contributed by atoms with Gasteiger partial charge < -0.3 is 4.74 Å². The lowest BCUT2D eigenvalue weighted by molar-refractivity contribution is 0.414. The third kappa shape index (κ3) is 4.54. The van der Waals surface area contributed by atoms with Gasteiger partial charge in [0.25, 0.3) is 0 Å². The van der Waals surface area contributed by atoms with Crippen LogP contribution in [0.5, 0.6) is 5.75 Å². The summed E-state index contributed by atoms with van der Waals surface area (Å²) in [7, 11) is -1.94. The Bertz CT molecular complexity index is 712. The lowest BCUT2D eigenvalue weighted by Gasteiger charge is -2.15. The monoisotopic (exact) mass is 323 g/mol. The predicted molar refractivity (Wildman–Crippen MR) is 83.6 cm³/mol. The van der Waals surface area contributed by atoms with E-state index in [2.05, 4.69) is 4.72 Å². The van der Waals surface area contributed by atoms with Crippen molar-refractivity contribution >= 4 is 10.0 Å². The van der Waals surface area contributed by atoms with Crippen molar-refractivity contribution in [3.63, 3.8) is 0 Å². The van der Waals surface area contributed by atoms with Crippen LogP contribution in [0.25, 0.3) is 0 Å². The van der Waals surface area contributed by atoms with Crippen LogP contribution in [0.15, 0.2) is 48.5 Å². The standard InChI is InChI=1S/C16H18FNO3S/c1-12(14-5-9-16(21-2)10-6-14)18-22(19,20)11-13-3-7-15(17)8-4-13/h3-10,12,18H,11H2,1-2H3/t12-/m1/s1. The first-order valence-corrected chi connectivity index (χ1v) is 8.43. The molecule has 0 amide bonds. The van der Waals surface area contributed by atoms with E-state index >= 15 is 0 Å². The third-order valence-corrected chi connectivity index (χ3v) is 4.67. The molecule has 0 radical (unpaired) electrons. The van der Waals surface area contributed by atoms with Gasteiger partial charge in [-0.1, -0.05) is 24.3 Å². The molecule has 2 rings (SSSR count). The van der Waals surface area contributed by atoms with Gasteiger partial charge in [0.15, 0.2) is 0 Å². The van der Waals surface area contributed by atoms with E-state index in [4.69, 9.17) is 4.74 Å². The molecule has 1 N–H and O–H groups in total. The second-order valence-electron chi connectivity index (χ2n) is 5.00. The Morgan fingerprint density at radius 3 is 2.23 bits per heavy atom. The molecule has 1 atom stereocenters. The Morgan fingerprint density at radius 2 is 1.68 bits per heavy atom. The van der Waals surface area contributed by atoms with Crippen molar-refractivity contribution in [1.82, 2.24) is 4.72 Å². The third-order valence-electron chi connectivity index (χ3n) is 3.24. The Morgan fingerprint density at radius 1 is 1.09 bits per heavy atom. The quantitative estimate of drug-likeness (QED) is 0.889. The Kier molecular flexibility index (Phi) is 5.15. The normalized spacial score (nSPS) is 12.9. The van der Waals surface area contributed by atoms with Gasteiger partial charge in [-0.25, -0.2) is 17.5 Å². The second kappa shape index (κ2) is 6.89. The van der Waals surface area contributed by atoms with Gasteiger partial charge in [-0.3, -0.25) is 0 Å². The van der Waals surface area contributed by atoms with Gasteiger partial charge in [0.2, 0.25) is 10.0 Å². The molecule has 0 saturated carbocycles. The van der Waals surface area contributed by atoms with Crippen LogP contribution < -0.4 is 9.46 Å². The molecule has 0 spiro atoms. The Hall–Kier alpha value is -1.92. The summed E-state index contributed by atoms with van der Waals surface area (Å²) in [5.41, 5.74) is 1.37. The predicted octanol–water partition coefficient (Wildman–Crippen LogP) is 3.01. The summed E-state index contributed by atoms with van der Waals surface area (Å²) in [6.45, 7) is 1.77. The Labute approximate surface area is 130 Å². The summed E-state index contributed by atoms with van der Waals surface area (Å²) in [5.74, 6) is 0.138. The van der Waals surface area contributed by atoms with Crippen LogP contribution in [-0.2, 0) is 15.8 Å². The van der Waals surface area contributed by atoms with Gasteiger partial charge in [-0.15, -0.1) is 0 Å². The molecule has 22 heavy (non-hydrogen) atoms. The van der Waals surface area contributed by atoms with E-state index in [-0.39, 0.29) is 17.6 Å². The SMILES string of the molecule is COc1ccc([C@@H](C)NS(=O)(=O)Cc2ccc(F)cc2)cc1. The summed E-state index contributed by atoms with van der Waals surface area (Å²) < 4.78 is 44.8. The average molecular weight is 323 g/mol. The zero-order valence-corrected chi connectivity index (χ0v) is 13.2. The van der Waals surface area contributed by atoms with Crippen molar-refractivity contribution in [3.05, 3.63) is 65.5 Å². The van der Waals surface area contributed by atoms with Gasteiger partial charge in [-0.05, 0) is 42.3 Å². The highest BCUT2D eigenvalue weighted by Crippen LogP contribution is 2.18. The largest absolute Gasteiger partial charge is 0.497 e. The molecule has 0 unspecified atom stereocenters. The summed E-state index contributed by atoms with van der Waals surface area (Å²) in [6.07, 6.45) is 0. The van der Waals surface area contributed by atoms with Crippen molar-refractivity contribution < 1.29 is 17.5 Å². The van der Waals surface area contributed by atoms with Crippen molar-refractivity contribution in [2.45, 2.75) is 18.7 Å². The molecule has 0 aliphatic heterocycles. The van der Waals surface area contributed by atoms with E-state index in [9.17, 15) is 12.8 Å². The van der Waals surface area contributed by atoms with Crippen molar-refractivity contribution in [3.8, 4) is 5.75 Å². The highest BCUT2D eigenvalue weighted by Gasteiger charge is 2.16. The molecule has 0 aliphatic carbocycles. The maximum Gasteiger partial charge on any atom is 0.216 e. The molecule has 0 aromatic heterocycles. The minimum atomic E-state index is -3.51. The molecule has 2 aromatic carbocycles. The van der Waals surface area contributed by atoms with Gasteiger partial charge >= 0.3 is 0 Å². The number of halogens is 1. The van der Waals surface area contributed by atoms with Crippen LogP contribution in [0.2, 0.25) is 0 Å².